The number of hydrogen-bond acceptors (Lipinski definition) is 5. The van der Waals surface area contributed by atoms with Gasteiger partial charge in [0.2, 0.25) is 0 Å². The molecule has 7 nitrogen and oxygen atoms in total. The second kappa shape index (κ2) is 10.3. The molecule has 1 aliphatic rings. The lowest BCUT2D eigenvalue weighted by Crippen LogP contribution is -2.45. The molecule has 2 aromatic rings. The van der Waals surface area contributed by atoms with Crippen molar-refractivity contribution in [3.8, 4) is 0 Å². The normalized spacial score (nSPS) is 19.2. The highest BCUT2D eigenvalue weighted by molar-refractivity contribution is 6.00. The van der Waals surface area contributed by atoms with E-state index in [4.69, 9.17) is 9.47 Å². The summed E-state index contributed by atoms with van der Waals surface area (Å²) in [6.45, 7) is 14.4. The van der Waals surface area contributed by atoms with Gasteiger partial charge in [-0.2, -0.15) is 0 Å². The maximum absolute atomic E-state index is 12.9. The van der Waals surface area contributed by atoms with Crippen LogP contribution in [0.4, 0.5) is 0 Å². The highest BCUT2D eigenvalue weighted by Gasteiger charge is 2.25. The third-order valence-electron chi connectivity index (χ3n) is 5.66. The summed E-state index contributed by atoms with van der Waals surface area (Å²) < 4.78 is 11.2. The van der Waals surface area contributed by atoms with E-state index >= 15 is 0 Å². The molecule has 1 fully saturated rings. The van der Waals surface area contributed by atoms with E-state index in [-0.39, 0.29) is 24.2 Å². The number of benzene rings is 1. The Kier molecular flexibility index (Phi) is 7.74. The van der Waals surface area contributed by atoms with Crippen molar-refractivity contribution < 1.29 is 19.1 Å². The molecule has 0 saturated carbocycles. The van der Waals surface area contributed by atoms with Crippen LogP contribution in [0.25, 0.3) is 0 Å². The lowest BCUT2D eigenvalue weighted by atomic mass is 10.1. The zero-order valence-electron chi connectivity index (χ0n) is 20.0. The number of carbonyl (C=O) groups excluding carboxylic acids is 2. The van der Waals surface area contributed by atoms with E-state index in [1.807, 2.05) is 18.2 Å². The zero-order valence-corrected chi connectivity index (χ0v) is 20.0. The molecular formula is C25H35N3O4. The van der Waals surface area contributed by atoms with Crippen molar-refractivity contribution in [2.75, 3.05) is 13.1 Å². The molecule has 174 valence electrons. The smallest absolute Gasteiger partial charge is 0.340 e. The predicted molar refractivity (Wildman–Crippen MR) is 124 cm³/mol. The molecular weight excluding hydrogens is 406 g/mol. The molecule has 1 aliphatic heterocycles. The van der Waals surface area contributed by atoms with E-state index < -0.39 is 5.97 Å². The Morgan fingerprint density at radius 1 is 1.16 bits per heavy atom. The Morgan fingerprint density at radius 3 is 2.41 bits per heavy atom. The number of H-pyrrole nitrogens is 1. The number of nitrogens with zero attached hydrogens (tertiary/aromatic N) is 1. The zero-order chi connectivity index (χ0) is 23.4. The largest absolute Gasteiger partial charge is 0.459 e. The number of amides is 1. The highest BCUT2D eigenvalue weighted by atomic mass is 16.5. The van der Waals surface area contributed by atoms with Crippen molar-refractivity contribution in [3.63, 3.8) is 0 Å². The van der Waals surface area contributed by atoms with Crippen LogP contribution in [0, 0.1) is 13.8 Å². The molecule has 0 spiro atoms. The average molecular weight is 442 g/mol. The van der Waals surface area contributed by atoms with Gasteiger partial charge in [0, 0.05) is 31.9 Å². The standard InChI is InChI=1S/C25H35N3O4/c1-15(2)31-25(30)22-18(5)23(27-19(22)6)24(29)26-11-20-9-7-8-10-21(20)14-28-12-16(3)32-17(4)13-28/h7-10,15-17,27H,11-14H2,1-6H3,(H,26,29). The van der Waals surface area contributed by atoms with Crippen LogP contribution in [-0.2, 0) is 22.6 Å². The predicted octanol–water partition coefficient (Wildman–Crippen LogP) is 3.74. The number of aryl methyl sites for hydroxylation is 1. The van der Waals surface area contributed by atoms with Crippen molar-refractivity contribution in [2.45, 2.75) is 72.9 Å². The summed E-state index contributed by atoms with van der Waals surface area (Å²) in [5, 5.41) is 3.01. The molecule has 0 aliphatic carbocycles. The Hall–Kier alpha value is -2.64. The van der Waals surface area contributed by atoms with Crippen LogP contribution in [0.1, 0.15) is 70.9 Å². The summed E-state index contributed by atoms with van der Waals surface area (Å²) in [6.07, 6.45) is 0.199. The molecule has 1 aromatic carbocycles. The van der Waals surface area contributed by atoms with E-state index in [1.165, 1.54) is 5.56 Å². The summed E-state index contributed by atoms with van der Waals surface area (Å²) in [5.41, 5.74) is 4.33. The Balaban J connectivity index is 1.69. The van der Waals surface area contributed by atoms with Crippen molar-refractivity contribution in [3.05, 3.63) is 57.9 Å². The molecule has 1 amide bonds. The van der Waals surface area contributed by atoms with Gasteiger partial charge in [0.15, 0.2) is 0 Å². The van der Waals surface area contributed by atoms with E-state index in [0.717, 1.165) is 25.2 Å². The van der Waals surface area contributed by atoms with Crippen LogP contribution in [-0.4, -0.2) is 53.2 Å². The maximum atomic E-state index is 12.9. The van der Waals surface area contributed by atoms with Crippen LogP contribution >= 0.6 is 0 Å². The van der Waals surface area contributed by atoms with Gasteiger partial charge in [-0.3, -0.25) is 9.69 Å². The summed E-state index contributed by atoms with van der Waals surface area (Å²) in [5.74, 6) is -0.651. The molecule has 0 radical (unpaired) electrons. The summed E-state index contributed by atoms with van der Waals surface area (Å²) in [4.78, 5) is 30.8. The maximum Gasteiger partial charge on any atom is 0.340 e. The quantitative estimate of drug-likeness (QED) is 0.640. The van der Waals surface area contributed by atoms with Gasteiger partial charge in [-0.25, -0.2) is 4.79 Å². The highest BCUT2D eigenvalue weighted by Crippen LogP contribution is 2.21. The molecule has 1 aromatic heterocycles. The lowest BCUT2D eigenvalue weighted by molar-refractivity contribution is -0.0705. The molecule has 3 rings (SSSR count). The molecule has 2 heterocycles. The van der Waals surface area contributed by atoms with Gasteiger partial charge in [-0.05, 0) is 58.2 Å². The first-order chi connectivity index (χ1) is 15.2. The first kappa shape index (κ1) is 24.0. The molecule has 7 heteroatoms. The second-order valence-electron chi connectivity index (χ2n) is 8.98. The average Bonchev–Trinajstić information content (AvgIpc) is 3.00. The van der Waals surface area contributed by atoms with Crippen molar-refractivity contribution >= 4 is 11.9 Å². The van der Waals surface area contributed by atoms with Crippen LogP contribution in [0.2, 0.25) is 0 Å². The van der Waals surface area contributed by atoms with Crippen molar-refractivity contribution in [1.29, 1.82) is 0 Å². The Bertz CT molecular complexity index is 956. The Labute approximate surface area is 190 Å². The van der Waals surface area contributed by atoms with Crippen molar-refractivity contribution in [2.24, 2.45) is 0 Å². The lowest BCUT2D eigenvalue weighted by Gasteiger charge is -2.35. The first-order valence-corrected chi connectivity index (χ1v) is 11.3. The van der Waals surface area contributed by atoms with Gasteiger partial charge in [-0.15, -0.1) is 0 Å². The van der Waals surface area contributed by atoms with Gasteiger partial charge in [0.25, 0.3) is 5.91 Å². The number of carbonyl (C=O) groups is 2. The van der Waals surface area contributed by atoms with Crippen molar-refractivity contribution in [1.82, 2.24) is 15.2 Å². The minimum Gasteiger partial charge on any atom is -0.459 e. The second-order valence-corrected chi connectivity index (χ2v) is 8.98. The molecule has 32 heavy (non-hydrogen) atoms. The van der Waals surface area contributed by atoms with Crippen LogP contribution < -0.4 is 5.32 Å². The third kappa shape index (κ3) is 5.78. The van der Waals surface area contributed by atoms with E-state index in [9.17, 15) is 9.59 Å². The summed E-state index contributed by atoms with van der Waals surface area (Å²) >= 11 is 0. The number of ether oxygens (including phenoxy) is 2. The first-order valence-electron chi connectivity index (χ1n) is 11.3. The van der Waals surface area contributed by atoms with Gasteiger partial charge in [0.05, 0.1) is 23.9 Å². The third-order valence-corrected chi connectivity index (χ3v) is 5.66. The topological polar surface area (TPSA) is 83.7 Å². The fourth-order valence-electron chi connectivity index (χ4n) is 4.36. The molecule has 0 bridgehead atoms. The number of hydrogen-bond donors (Lipinski definition) is 2. The van der Waals surface area contributed by atoms with Gasteiger partial charge >= 0.3 is 5.97 Å². The fourth-order valence-corrected chi connectivity index (χ4v) is 4.36. The number of esters is 1. The van der Waals surface area contributed by atoms with E-state index in [0.29, 0.717) is 29.1 Å². The van der Waals surface area contributed by atoms with E-state index in [2.05, 4.69) is 35.1 Å². The number of aromatic amines is 1. The molecule has 2 N–H and O–H groups in total. The fraction of sp³-hybridized carbons (Fsp3) is 0.520. The van der Waals surface area contributed by atoms with Crippen LogP contribution in [0.3, 0.4) is 0 Å². The number of morpholine rings is 1. The number of nitrogens with one attached hydrogen (secondary N) is 2. The molecule has 2 atom stereocenters. The van der Waals surface area contributed by atoms with E-state index in [1.54, 1.807) is 27.7 Å². The van der Waals surface area contributed by atoms with Crippen LogP contribution in [0.5, 0.6) is 0 Å². The SMILES string of the molecule is Cc1[nH]c(C(=O)NCc2ccccc2CN2CC(C)OC(C)C2)c(C)c1C(=O)OC(C)C. The Morgan fingerprint density at radius 2 is 1.78 bits per heavy atom. The molecule has 2 unspecified atom stereocenters. The number of aromatic nitrogens is 1. The monoisotopic (exact) mass is 441 g/mol. The summed E-state index contributed by atoms with van der Waals surface area (Å²) in [7, 11) is 0. The minimum atomic E-state index is -0.412. The number of rotatable bonds is 7. The van der Waals surface area contributed by atoms with Gasteiger partial charge in [-0.1, -0.05) is 24.3 Å². The van der Waals surface area contributed by atoms with Gasteiger partial charge in [0.1, 0.15) is 5.69 Å². The molecule has 1 saturated heterocycles. The van der Waals surface area contributed by atoms with Gasteiger partial charge < -0.3 is 19.8 Å². The van der Waals surface area contributed by atoms with Crippen LogP contribution in [0.15, 0.2) is 24.3 Å². The summed E-state index contributed by atoms with van der Waals surface area (Å²) in [6, 6.07) is 8.16. The minimum absolute atomic E-state index is 0.210.